The van der Waals surface area contributed by atoms with Crippen molar-refractivity contribution in [1.29, 1.82) is 0 Å². The van der Waals surface area contributed by atoms with Crippen LogP contribution >= 0.6 is 11.3 Å². The molecule has 1 amide bonds. The topological polar surface area (TPSA) is 76.9 Å². The predicted molar refractivity (Wildman–Crippen MR) is 118 cm³/mol. The molecule has 4 rings (SSSR count). The molecule has 1 N–H and O–H groups in total. The Balaban J connectivity index is 1.71. The van der Waals surface area contributed by atoms with E-state index in [1.165, 1.54) is 28.4 Å². The van der Waals surface area contributed by atoms with Gasteiger partial charge in [0.05, 0.1) is 11.1 Å². The van der Waals surface area contributed by atoms with Crippen LogP contribution in [0.2, 0.25) is 0 Å². The Morgan fingerprint density at radius 2 is 2.00 bits per heavy atom. The lowest BCUT2D eigenvalue weighted by molar-refractivity contribution is -0.136. The van der Waals surface area contributed by atoms with E-state index in [1.54, 1.807) is 36.6 Å². The number of aromatic nitrogens is 3. The van der Waals surface area contributed by atoms with Gasteiger partial charge in [0, 0.05) is 39.9 Å². The number of carbonyl (C=O) groups is 2. The van der Waals surface area contributed by atoms with E-state index in [9.17, 15) is 22.8 Å². The Morgan fingerprint density at radius 3 is 2.64 bits per heavy atom. The zero-order chi connectivity index (χ0) is 23.6. The van der Waals surface area contributed by atoms with Gasteiger partial charge in [0.15, 0.2) is 5.13 Å². The van der Waals surface area contributed by atoms with Crippen molar-refractivity contribution < 1.29 is 22.8 Å². The number of nitrogens with zero attached hydrogens (tertiary/aromatic N) is 3. The number of nitrogens with one attached hydrogen (secondary N) is 1. The number of amides is 1. The Morgan fingerprint density at radius 1 is 1.24 bits per heavy atom. The van der Waals surface area contributed by atoms with Crippen LogP contribution in [-0.2, 0) is 17.5 Å². The van der Waals surface area contributed by atoms with Crippen molar-refractivity contribution in [1.82, 2.24) is 14.8 Å². The number of carbonyl (C=O) groups excluding carboxylic acids is 2. The minimum atomic E-state index is -4.63. The summed E-state index contributed by atoms with van der Waals surface area (Å²) >= 11 is 1.23. The van der Waals surface area contributed by atoms with Gasteiger partial charge in [-0.05, 0) is 30.7 Å². The molecule has 33 heavy (non-hydrogen) atoms. The number of halogens is 3. The maximum Gasteiger partial charge on any atom is 0.417 e. The van der Waals surface area contributed by atoms with E-state index in [1.807, 2.05) is 0 Å². The van der Waals surface area contributed by atoms with Gasteiger partial charge in [-0.25, -0.2) is 4.98 Å². The number of benzene rings is 2. The van der Waals surface area contributed by atoms with Gasteiger partial charge in [-0.3, -0.25) is 14.3 Å². The van der Waals surface area contributed by atoms with Gasteiger partial charge < -0.3 is 5.32 Å². The molecule has 0 saturated heterocycles. The van der Waals surface area contributed by atoms with Crippen LogP contribution in [0, 0.1) is 18.8 Å². The van der Waals surface area contributed by atoms with E-state index >= 15 is 0 Å². The van der Waals surface area contributed by atoms with Gasteiger partial charge in [0.25, 0.3) is 0 Å². The molecule has 0 fully saturated rings. The Bertz CT molecular complexity index is 1400. The molecule has 0 bridgehead atoms. The number of fused-ring (bicyclic) bond motifs is 1. The molecule has 2 heterocycles. The summed E-state index contributed by atoms with van der Waals surface area (Å²) in [6, 6.07) is 7.38. The average Bonchev–Trinajstić information content (AvgIpc) is 3.43. The SMILES string of the molecule is Cc1c(C#Cc2ccc(C=O)cc2)cc(C(F)(F)F)c2cn(CC(=O)Nc3nccs3)nc12. The third-order valence-corrected chi connectivity index (χ3v) is 5.47. The fraction of sp³-hybridized carbons (Fsp3) is 0.130. The molecule has 0 radical (unpaired) electrons. The summed E-state index contributed by atoms with van der Waals surface area (Å²) in [5, 5.41) is 8.77. The van der Waals surface area contributed by atoms with E-state index in [-0.39, 0.29) is 23.0 Å². The minimum Gasteiger partial charge on any atom is -0.300 e. The van der Waals surface area contributed by atoms with Crippen LogP contribution in [0.4, 0.5) is 18.3 Å². The highest BCUT2D eigenvalue weighted by atomic mass is 32.1. The number of rotatable bonds is 4. The van der Waals surface area contributed by atoms with Crippen molar-refractivity contribution in [3.05, 3.63) is 75.9 Å². The lowest BCUT2D eigenvalue weighted by atomic mass is 10.00. The number of hydrogen-bond donors (Lipinski definition) is 1. The molecule has 0 atom stereocenters. The van der Waals surface area contributed by atoms with Gasteiger partial charge in [0.1, 0.15) is 12.8 Å². The average molecular weight is 468 g/mol. The molecule has 0 aliphatic rings. The van der Waals surface area contributed by atoms with Crippen molar-refractivity contribution >= 4 is 39.6 Å². The summed E-state index contributed by atoms with van der Waals surface area (Å²) < 4.78 is 42.6. The molecule has 2 aromatic heterocycles. The molecule has 0 unspecified atom stereocenters. The van der Waals surface area contributed by atoms with E-state index in [2.05, 4.69) is 27.2 Å². The summed E-state index contributed by atoms with van der Waals surface area (Å²) in [5.41, 5.74) is 0.906. The number of aryl methyl sites for hydroxylation is 1. The second kappa shape index (κ2) is 8.88. The molecule has 0 spiro atoms. The molecule has 166 valence electrons. The largest absolute Gasteiger partial charge is 0.417 e. The molecular weight excluding hydrogens is 453 g/mol. The van der Waals surface area contributed by atoms with Gasteiger partial charge in [-0.2, -0.15) is 18.3 Å². The molecule has 4 aromatic rings. The number of anilines is 1. The first-order valence-electron chi connectivity index (χ1n) is 9.59. The van der Waals surface area contributed by atoms with Gasteiger partial charge in [-0.15, -0.1) is 11.3 Å². The zero-order valence-corrected chi connectivity index (χ0v) is 17.9. The van der Waals surface area contributed by atoms with Crippen molar-refractivity contribution in [2.24, 2.45) is 0 Å². The zero-order valence-electron chi connectivity index (χ0n) is 17.1. The van der Waals surface area contributed by atoms with E-state index in [0.29, 0.717) is 28.1 Å². The number of thiazole rings is 1. The van der Waals surface area contributed by atoms with Crippen LogP contribution in [-0.4, -0.2) is 27.0 Å². The molecule has 0 saturated carbocycles. The van der Waals surface area contributed by atoms with Crippen LogP contribution in [0.5, 0.6) is 0 Å². The lowest BCUT2D eigenvalue weighted by Gasteiger charge is -2.10. The van der Waals surface area contributed by atoms with Crippen LogP contribution in [0.25, 0.3) is 10.9 Å². The Labute approximate surface area is 190 Å². The number of hydrogen-bond acceptors (Lipinski definition) is 5. The van der Waals surface area contributed by atoms with Crippen molar-refractivity contribution in [3.8, 4) is 11.8 Å². The first kappa shape index (κ1) is 22.2. The van der Waals surface area contributed by atoms with Crippen molar-refractivity contribution in [2.45, 2.75) is 19.6 Å². The number of aldehydes is 1. The summed E-state index contributed by atoms with van der Waals surface area (Å²) in [6.07, 6.45) is -1.20. The van der Waals surface area contributed by atoms with E-state index in [4.69, 9.17) is 0 Å². The van der Waals surface area contributed by atoms with E-state index in [0.717, 1.165) is 6.07 Å². The summed E-state index contributed by atoms with van der Waals surface area (Å²) in [4.78, 5) is 26.9. The highest BCUT2D eigenvalue weighted by Crippen LogP contribution is 2.37. The smallest absolute Gasteiger partial charge is 0.300 e. The predicted octanol–water partition coefficient (Wildman–Crippen LogP) is 4.67. The van der Waals surface area contributed by atoms with E-state index < -0.39 is 17.6 Å². The standard InChI is InChI=1S/C23H15F3N4O2S/c1-14-17(7-6-15-2-4-16(13-31)5-3-15)10-19(23(24,25)26)18-11-30(29-21(14)18)12-20(32)28-22-27-8-9-33-22/h2-5,8-11,13H,12H2,1H3,(H,27,28,32). The van der Waals surface area contributed by atoms with Crippen LogP contribution in [0.3, 0.4) is 0 Å². The fourth-order valence-corrected chi connectivity index (χ4v) is 3.72. The summed E-state index contributed by atoms with van der Waals surface area (Å²) in [6.45, 7) is 1.37. The van der Waals surface area contributed by atoms with Gasteiger partial charge >= 0.3 is 6.18 Å². The summed E-state index contributed by atoms with van der Waals surface area (Å²) in [5.74, 6) is 5.14. The van der Waals surface area contributed by atoms with Crippen LogP contribution in [0.1, 0.15) is 32.6 Å². The third-order valence-electron chi connectivity index (χ3n) is 4.78. The van der Waals surface area contributed by atoms with Gasteiger partial charge in [-0.1, -0.05) is 24.0 Å². The molecule has 0 aliphatic carbocycles. The second-order valence-electron chi connectivity index (χ2n) is 7.06. The first-order valence-corrected chi connectivity index (χ1v) is 10.5. The quantitative estimate of drug-likeness (QED) is 0.349. The molecule has 0 aliphatic heterocycles. The minimum absolute atomic E-state index is 0.108. The monoisotopic (exact) mass is 468 g/mol. The summed E-state index contributed by atoms with van der Waals surface area (Å²) in [7, 11) is 0. The van der Waals surface area contributed by atoms with Crippen LogP contribution < -0.4 is 5.32 Å². The van der Waals surface area contributed by atoms with Crippen molar-refractivity contribution in [3.63, 3.8) is 0 Å². The fourth-order valence-electron chi connectivity index (χ4n) is 3.17. The second-order valence-corrected chi connectivity index (χ2v) is 7.95. The highest BCUT2D eigenvalue weighted by Gasteiger charge is 2.34. The Hall–Kier alpha value is -3.97. The molecule has 10 heteroatoms. The lowest BCUT2D eigenvalue weighted by Crippen LogP contribution is -2.18. The number of alkyl halides is 3. The highest BCUT2D eigenvalue weighted by molar-refractivity contribution is 7.13. The normalized spacial score (nSPS) is 11.2. The first-order chi connectivity index (χ1) is 15.7. The molecule has 2 aromatic carbocycles. The Kier molecular flexibility index (Phi) is 5.98. The molecule has 6 nitrogen and oxygen atoms in total. The van der Waals surface area contributed by atoms with Crippen molar-refractivity contribution in [2.75, 3.05) is 5.32 Å². The molecular formula is C23H15F3N4O2S. The maximum absolute atomic E-state index is 13.8. The third kappa shape index (κ3) is 4.94. The van der Waals surface area contributed by atoms with Gasteiger partial charge in [0.2, 0.25) is 5.91 Å². The van der Waals surface area contributed by atoms with Crippen LogP contribution in [0.15, 0.2) is 48.1 Å². The maximum atomic E-state index is 13.8.